The Balaban J connectivity index is 1.67. The molecule has 0 aromatic carbocycles. The Morgan fingerprint density at radius 2 is 2.17 bits per heavy atom. The van der Waals surface area contributed by atoms with E-state index < -0.39 is 0 Å². The van der Waals surface area contributed by atoms with Gasteiger partial charge in [0.15, 0.2) is 0 Å². The van der Waals surface area contributed by atoms with Crippen molar-refractivity contribution in [1.82, 2.24) is 19.8 Å². The number of amides is 1. The van der Waals surface area contributed by atoms with Crippen LogP contribution in [0.4, 0.5) is 0 Å². The van der Waals surface area contributed by atoms with E-state index in [1.165, 1.54) is 0 Å². The number of primary amides is 1. The minimum atomic E-state index is -0.201. The average molecular weight is 321 g/mol. The van der Waals surface area contributed by atoms with Gasteiger partial charge in [-0.3, -0.25) is 14.6 Å². The van der Waals surface area contributed by atoms with Gasteiger partial charge in [-0.05, 0) is 19.8 Å². The lowest BCUT2D eigenvalue weighted by Crippen LogP contribution is -2.44. The molecule has 0 spiro atoms. The highest BCUT2D eigenvalue weighted by Gasteiger charge is 2.31. The van der Waals surface area contributed by atoms with Gasteiger partial charge in [0.1, 0.15) is 0 Å². The van der Waals surface area contributed by atoms with Crippen LogP contribution in [0.25, 0.3) is 0 Å². The molecule has 1 aromatic rings. The smallest absolute Gasteiger partial charge is 0.223 e. The Bertz CT molecular complexity index is 526. The summed E-state index contributed by atoms with van der Waals surface area (Å²) in [6.07, 6.45) is 3.82. The van der Waals surface area contributed by atoms with Gasteiger partial charge in [-0.2, -0.15) is 0 Å². The van der Waals surface area contributed by atoms with Crippen LogP contribution < -0.4 is 5.73 Å². The molecule has 2 fully saturated rings. The lowest BCUT2D eigenvalue weighted by Gasteiger charge is -2.34. The van der Waals surface area contributed by atoms with E-state index in [-0.39, 0.29) is 11.8 Å². The van der Waals surface area contributed by atoms with Crippen LogP contribution in [0.15, 0.2) is 6.33 Å². The third kappa shape index (κ3) is 4.10. The highest BCUT2D eigenvalue weighted by atomic mass is 16.5. The van der Waals surface area contributed by atoms with E-state index in [2.05, 4.69) is 19.8 Å². The molecule has 3 N–H and O–H groups in total. The number of carbonyl (C=O) groups is 1. The first-order chi connectivity index (χ1) is 11.1. The Morgan fingerprint density at radius 1 is 1.39 bits per heavy atom. The number of H-pyrrole nitrogens is 1. The first-order valence-corrected chi connectivity index (χ1v) is 8.46. The van der Waals surface area contributed by atoms with Gasteiger partial charge in [0.25, 0.3) is 0 Å². The summed E-state index contributed by atoms with van der Waals surface area (Å²) in [5.41, 5.74) is 7.79. The number of nitrogens with two attached hydrogens (primary N) is 1. The third-order valence-corrected chi connectivity index (χ3v) is 5.05. The molecule has 2 aliphatic rings. The topological polar surface area (TPSA) is 87.5 Å². The summed E-state index contributed by atoms with van der Waals surface area (Å²) in [5, 5.41) is 0. The van der Waals surface area contributed by atoms with Crippen molar-refractivity contribution in [3.63, 3.8) is 0 Å². The SMILES string of the molecule is Cc1[nH]cnc1CN1CCN(C2CCOCC2)C[C@H](C(N)=O)C1. The van der Waals surface area contributed by atoms with Gasteiger partial charge in [0.05, 0.1) is 17.9 Å². The molecule has 0 aliphatic carbocycles. The first-order valence-electron chi connectivity index (χ1n) is 8.46. The molecule has 7 heteroatoms. The van der Waals surface area contributed by atoms with Crippen LogP contribution in [0, 0.1) is 12.8 Å². The van der Waals surface area contributed by atoms with Crippen molar-refractivity contribution in [2.24, 2.45) is 11.7 Å². The van der Waals surface area contributed by atoms with E-state index in [9.17, 15) is 4.79 Å². The van der Waals surface area contributed by atoms with Crippen LogP contribution >= 0.6 is 0 Å². The quantitative estimate of drug-likeness (QED) is 0.822. The standard InChI is InChI=1S/C16H27N5O2/c1-12-15(19-11-18-12)10-20-4-5-21(9-13(8-20)16(17)22)14-2-6-23-7-3-14/h11,13-14H,2-10H2,1H3,(H2,17,22)(H,18,19)/t13-/m1/s1. The van der Waals surface area contributed by atoms with E-state index in [0.29, 0.717) is 12.6 Å². The van der Waals surface area contributed by atoms with Crippen molar-refractivity contribution < 1.29 is 9.53 Å². The number of imidazole rings is 1. The molecule has 2 aliphatic heterocycles. The summed E-state index contributed by atoms with van der Waals surface area (Å²) in [4.78, 5) is 24.1. The molecule has 0 unspecified atom stereocenters. The predicted octanol–water partition coefficient (Wildman–Crippen LogP) is 0.116. The van der Waals surface area contributed by atoms with Gasteiger partial charge in [0, 0.05) is 57.7 Å². The normalized spacial score (nSPS) is 25.3. The van der Waals surface area contributed by atoms with E-state index >= 15 is 0 Å². The monoisotopic (exact) mass is 321 g/mol. The molecule has 3 rings (SSSR count). The number of aromatic nitrogens is 2. The zero-order valence-electron chi connectivity index (χ0n) is 13.8. The van der Waals surface area contributed by atoms with Gasteiger partial charge in [-0.15, -0.1) is 0 Å². The molecule has 0 saturated carbocycles. The second-order valence-electron chi connectivity index (χ2n) is 6.65. The molecular weight excluding hydrogens is 294 g/mol. The molecule has 1 atom stereocenters. The molecule has 7 nitrogen and oxygen atoms in total. The van der Waals surface area contributed by atoms with Gasteiger partial charge in [-0.25, -0.2) is 4.98 Å². The summed E-state index contributed by atoms with van der Waals surface area (Å²) in [6.45, 7) is 7.81. The maximum absolute atomic E-state index is 11.9. The van der Waals surface area contributed by atoms with Crippen molar-refractivity contribution in [2.75, 3.05) is 39.4 Å². The fourth-order valence-corrected chi connectivity index (χ4v) is 3.57. The molecule has 2 saturated heterocycles. The lowest BCUT2D eigenvalue weighted by molar-refractivity contribution is -0.122. The Kier molecular flexibility index (Phi) is 5.30. The van der Waals surface area contributed by atoms with Crippen molar-refractivity contribution in [1.29, 1.82) is 0 Å². The van der Waals surface area contributed by atoms with Crippen LogP contribution in [0.2, 0.25) is 0 Å². The fraction of sp³-hybridized carbons (Fsp3) is 0.750. The van der Waals surface area contributed by atoms with Crippen LogP contribution in [0.3, 0.4) is 0 Å². The Morgan fingerprint density at radius 3 is 2.83 bits per heavy atom. The number of aromatic amines is 1. The van der Waals surface area contributed by atoms with E-state index in [1.807, 2.05) is 6.92 Å². The van der Waals surface area contributed by atoms with Crippen LogP contribution in [0.1, 0.15) is 24.2 Å². The number of rotatable bonds is 4. The summed E-state index contributed by atoms with van der Waals surface area (Å²) in [6, 6.07) is 0.512. The highest BCUT2D eigenvalue weighted by Crippen LogP contribution is 2.20. The van der Waals surface area contributed by atoms with Crippen molar-refractivity contribution >= 4 is 5.91 Å². The van der Waals surface area contributed by atoms with Crippen LogP contribution in [-0.4, -0.2) is 71.1 Å². The highest BCUT2D eigenvalue weighted by molar-refractivity contribution is 5.77. The van der Waals surface area contributed by atoms with Crippen molar-refractivity contribution in [3.05, 3.63) is 17.7 Å². The molecule has 128 valence electrons. The number of aryl methyl sites for hydroxylation is 1. The summed E-state index contributed by atoms with van der Waals surface area (Å²) in [5.74, 6) is -0.327. The number of nitrogens with zero attached hydrogens (tertiary/aromatic N) is 3. The van der Waals surface area contributed by atoms with E-state index in [4.69, 9.17) is 10.5 Å². The summed E-state index contributed by atoms with van der Waals surface area (Å²) < 4.78 is 5.46. The largest absolute Gasteiger partial charge is 0.381 e. The Labute approximate surface area is 137 Å². The maximum Gasteiger partial charge on any atom is 0.223 e. The molecular formula is C16H27N5O2. The molecule has 1 aromatic heterocycles. The Hall–Kier alpha value is -1.44. The molecule has 0 bridgehead atoms. The maximum atomic E-state index is 11.9. The van der Waals surface area contributed by atoms with Crippen LogP contribution in [-0.2, 0) is 16.1 Å². The van der Waals surface area contributed by atoms with Crippen molar-refractivity contribution in [3.8, 4) is 0 Å². The average Bonchev–Trinajstić information content (AvgIpc) is 2.83. The molecule has 1 amide bonds. The van der Waals surface area contributed by atoms with Crippen molar-refractivity contribution in [2.45, 2.75) is 32.4 Å². The number of ether oxygens (including phenoxy) is 1. The first kappa shape index (κ1) is 16.4. The van der Waals surface area contributed by atoms with Gasteiger partial charge in [0.2, 0.25) is 5.91 Å². The van der Waals surface area contributed by atoms with E-state index in [0.717, 1.165) is 63.6 Å². The van der Waals surface area contributed by atoms with Gasteiger partial charge >= 0.3 is 0 Å². The number of nitrogens with one attached hydrogen (secondary N) is 1. The summed E-state index contributed by atoms with van der Waals surface area (Å²) >= 11 is 0. The number of hydrogen-bond acceptors (Lipinski definition) is 5. The zero-order chi connectivity index (χ0) is 16.2. The van der Waals surface area contributed by atoms with Gasteiger partial charge in [-0.1, -0.05) is 0 Å². The molecule has 3 heterocycles. The molecule has 0 radical (unpaired) electrons. The van der Waals surface area contributed by atoms with Crippen LogP contribution in [0.5, 0.6) is 0 Å². The second-order valence-corrected chi connectivity index (χ2v) is 6.65. The summed E-state index contributed by atoms with van der Waals surface area (Å²) in [7, 11) is 0. The fourth-order valence-electron chi connectivity index (χ4n) is 3.57. The zero-order valence-corrected chi connectivity index (χ0v) is 13.8. The predicted molar refractivity (Wildman–Crippen MR) is 86.7 cm³/mol. The second kappa shape index (κ2) is 7.42. The minimum absolute atomic E-state index is 0.125. The number of hydrogen-bond donors (Lipinski definition) is 2. The van der Waals surface area contributed by atoms with E-state index in [1.54, 1.807) is 6.33 Å². The molecule has 23 heavy (non-hydrogen) atoms. The third-order valence-electron chi connectivity index (χ3n) is 5.05. The number of carbonyl (C=O) groups excluding carboxylic acids is 1. The lowest BCUT2D eigenvalue weighted by atomic mass is 10.0. The minimum Gasteiger partial charge on any atom is -0.381 e. The van der Waals surface area contributed by atoms with Gasteiger partial charge < -0.3 is 15.5 Å².